The largest absolute Gasteiger partial charge is 0.489 e. The van der Waals surface area contributed by atoms with Gasteiger partial charge < -0.3 is 20.1 Å². The highest BCUT2D eigenvalue weighted by Gasteiger charge is 2.23. The number of piperazine rings is 1. The lowest BCUT2D eigenvalue weighted by Crippen LogP contribution is -2.44. The fourth-order valence-corrected chi connectivity index (χ4v) is 3.99. The summed E-state index contributed by atoms with van der Waals surface area (Å²) < 4.78 is 25.9. The van der Waals surface area contributed by atoms with Crippen LogP contribution in [0.15, 0.2) is 36.7 Å². The van der Waals surface area contributed by atoms with Crippen LogP contribution in [0, 0.1) is 11.7 Å². The highest BCUT2D eigenvalue weighted by Crippen LogP contribution is 2.37. The van der Waals surface area contributed by atoms with Crippen LogP contribution < -0.4 is 20.1 Å². The number of benzene rings is 2. The number of hydrogen-bond acceptors (Lipinski definition) is 7. The third-order valence-electron chi connectivity index (χ3n) is 5.93. The second-order valence-corrected chi connectivity index (χ2v) is 8.89. The molecule has 2 heterocycles. The number of halogens is 2. The Balaban J connectivity index is 1.38. The van der Waals surface area contributed by atoms with Crippen LogP contribution in [0.4, 0.5) is 15.9 Å². The predicted molar refractivity (Wildman–Crippen MR) is 127 cm³/mol. The maximum atomic E-state index is 13.5. The van der Waals surface area contributed by atoms with E-state index in [0.717, 1.165) is 43.6 Å². The Morgan fingerprint density at radius 3 is 2.70 bits per heavy atom. The molecule has 2 aliphatic rings. The summed E-state index contributed by atoms with van der Waals surface area (Å²) in [5.41, 5.74) is 1.37. The second-order valence-electron chi connectivity index (χ2n) is 8.49. The fraction of sp³-hybridized carbons (Fsp3) is 0.417. The highest BCUT2D eigenvalue weighted by molar-refractivity contribution is 6.31. The normalized spacial score (nSPS) is 16.7. The van der Waals surface area contributed by atoms with E-state index < -0.39 is 5.82 Å². The van der Waals surface area contributed by atoms with Crippen molar-refractivity contribution in [3.63, 3.8) is 0 Å². The van der Waals surface area contributed by atoms with Crippen molar-refractivity contribution in [2.24, 2.45) is 5.92 Å². The van der Waals surface area contributed by atoms with Gasteiger partial charge in [0.2, 0.25) is 0 Å². The Hall–Kier alpha value is -2.68. The van der Waals surface area contributed by atoms with Gasteiger partial charge in [0.05, 0.1) is 17.1 Å². The van der Waals surface area contributed by atoms with E-state index in [1.165, 1.54) is 31.3 Å². The molecule has 33 heavy (non-hydrogen) atoms. The number of aromatic nitrogens is 2. The van der Waals surface area contributed by atoms with Crippen LogP contribution in [0.2, 0.25) is 5.02 Å². The molecule has 0 spiro atoms. The number of ether oxygens (including phenoxy) is 2. The minimum Gasteiger partial charge on any atom is -0.489 e. The molecule has 0 radical (unpaired) electrons. The molecule has 0 bridgehead atoms. The standard InChI is InChI=1S/C24H27ClFN5O2/c25-19-11-17(3-4-20(19)26)30-24-18-12-22(33-14-16-1-2-16)23(13-21(18)28-15-29-24)32-10-9-31-7-5-27-6-8-31/h3-4,11-13,15-16,27H,1-2,5-10,14H2,(H,28,29,30). The molecule has 1 saturated carbocycles. The molecule has 1 aromatic heterocycles. The fourth-order valence-electron chi connectivity index (χ4n) is 3.81. The van der Waals surface area contributed by atoms with Gasteiger partial charge >= 0.3 is 0 Å². The molecule has 1 saturated heterocycles. The van der Waals surface area contributed by atoms with Gasteiger partial charge in [-0.3, -0.25) is 4.90 Å². The molecule has 7 nitrogen and oxygen atoms in total. The van der Waals surface area contributed by atoms with E-state index in [2.05, 4.69) is 25.5 Å². The molecule has 1 aliphatic carbocycles. The Bertz CT molecular complexity index is 1120. The summed E-state index contributed by atoms with van der Waals surface area (Å²) in [5.74, 6) is 2.11. The van der Waals surface area contributed by atoms with E-state index in [4.69, 9.17) is 21.1 Å². The highest BCUT2D eigenvalue weighted by atomic mass is 35.5. The summed E-state index contributed by atoms with van der Waals surface area (Å²) in [7, 11) is 0. The van der Waals surface area contributed by atoms with Crippen molar-refractivity contribution in [3.05, 3.63) is 47.5 Å². The minimum atomic E-state index is -0.465. The molecule has 9 heteroatoms. The van der Waals surface area contributed by atoms with Crippen LogP contribution in [0.1, 0.15) is 12.8 Å². The number of fused-ring (bicyclic) bond motifs is 1. The van der Waals surface area contributed by atoms with Crippen LogP contribution in [-0.4, -0.2) is 60.8 Å². The van der Waals surface area contributed by atoms with Crippen LogP contribution in [0.3, 0.4) is 0 Å². The van der Waals surface area contributed by atoms with Gasteiger partial charge in [0.15, 0.2) is 11.5 Å². The zero-order valence-electron chi connectivity index (χ0n) is 18.3. The van der Waals surface area contributed by atoms with E-state index in [1.54, 1.807) is 6.07 Å². The zero-order chi connectivity index (χ0) is 22.6. The topological polar surface area (TPSA) is 71.5 Å². The van der Waals surface area contributed by atoms with E-state index in [9.17, 15) is 4.39 Å². The van der Waals surface area contributed by atoms with Crippen molar-refractivity contribution >= 4 is 34.0 Å². The first-order valence-electron chi connectivity index (χ1n) is 11.4. The van der Waals surface area contributed by atoms with Gasteiger partial charge in [0, 0.05) is 49.9 Å². The Morgan fingerprint density at radius 1 is 1.09 bits per heavy atom. The summed E-state index contributed by atoms with van der Waals surface area (Å²) >= 11 is 5.93. The third-order valence-corrected chi connectivity index (χ3v) is 6.22. The van der Waals surface area contributed by atoms with Gasteiger partial charge in [0.25, 0.3) is 0 Å². The lowest BCUT2D eigenvalue weighted by Gasteiger charge is -2.27. The van der Waals surface area contributed by atoms with Crippen molar-refractivity contribution in [1.82, 2.24) is 20.2 Å². The SMILES string of the molecule is Fc1ccc(Nc2ncnc3cc(OCCN4CCNCC4)c(OCC4CC4)cc23)cc1Cl. The molecule has 174 valence electrons. The lowest BCUT2D eigenvalue weighted by molar-refractivity contribution is 0.185. The van der Waals surface area contributed by atoms with E-state index in [0.29, 0.717) is 42.1 Å². The number of nitrogens with zero attached hydrogens (tertiary/aromatic N) is 3. The molecular formula is C24H27ClFN5O2. The van der Waals surface area contributed by atoms with E-state index in [1.807, 2.05) is 12.1 Å². The van der Waals surface area contributed by atoms with Crippen molar-refractivity contribution in [2.45, 2.75) is 12.8 Å². The Kier molecular flexibility index (Phi) is 6.75. The molecule has 2 fully saturated rings. The lowest BCUT2D eigenvalue weighted by atomic mass is 10.2. The molecule has 3 aromatic rings. The molecule has 0 amide bonds. The molecule has 0 unspecified atom stereocenters. The maximum Gasteiger partial charge on any atom is 0.163 e. The van der Waals surface area contributed by atoms with Crippen molar-refractivity contribution in [1.29, 1.82) is 0 Å². The summed E-state index contributed by atoms with van der Waals surface area (Å²) in [6.07, 6.45) is 3.90. The van der Waals surface area contributed by atoms with Gasteiger partial charge in [-0.2, -0.15) is 0 Å². The first-order chi connectivity index (χ1) is 16.2. The Morgan fingerprint density at radius 2 is 1.91 bits per heavy atom. The molecule has 1 aliphatic heterocycles. The van der Waals surface area contributed by atoms with E-state index in [-0.39, 0.29) is 5.02 Å². The second kappa shape index (κ2) is 10.1. The van der Waals surface area contributed by atoms with Gasteiger partial charge in [-0.1, -0.05) is 11.6 Å². The first kappa shape index (κ1) is 22.1. The summed E-state index contributed by atoms with van der Waals surface area (Å²) in [4.78, 5) is 11.2. The average Bonchev–Trinajstić information content (AvgIpc) is 3.66. The smallest absolute Gasteiger partial charge is 0.163 e. The van der Waals surface area contributed by atoms with Crippen LogP contribution in [-0.2, 0) is 0 Å². The molecule has 5 rings (SSSR count). The van der Waals surface area contributed by atoms with Crippen LogP contribution in [0.25, 0.3) is 10.9 Å². The van der Waals surface area contributed by atoms with Gasteiger partial charge in [-0.25, -0.2) is 14.4 Å². The monoisotopic (exact) mass is 471 g/mol. The number of rotatable bonds is 9. The van der Waals surface area contributed by atoms with Crippen LogP contribution in [0.5, 0.6) is 11.5 Å². The van der Waals surface area contributed by atoms with Gasteiger partial charge in [-0.15, -0.1) is 0 Å². The molecular weight excluding hydrogens is 445 g/mol. The molecule has 2 N–H and O–H groups in total. The summed E-state index contributed by atoms with van der Waals surface area (Å²) in [5, 5.41) is 7.42. The number of nitrogens with one attached hydrogen (secondary N) is 2. The minimum absolute atomic E-state index is 0.0481. The number of hydrogen-bond donors (Lipinski definition) is 2. The Labute approximate surface area is 197 Å². The van der Waals surface area contributed by atoms with Gasteiger partial charge in [-0.05, 0) is 43.0 Å². The zero-order valence-corrected chi connectivity index (χ0v) is 19.1. The number of anilines is 2. The predicted octanol–water partition coefficient (Wildman–Crippen LogP) is 4.24. The van der Waals surface area contributed by atoms with Crippen LogP contribution >= 0.6 is 11.6 Å². The third kappa shape index (κ3) is 5.63. The quantitative estimate of drug-likeness (QED) is 0.483. The van der Waals surface area contributed by atoms with E-state index >= 15 is 0 Å². The molecule has 0 atom stereocenters. The van der Waals surface area contributed by atoms with Crippen molar-refractivity contribution in [2.75, 3.05) is 51.3 Å². The average molecular weight is 472 g/mol. The molecule has 2 aromatic carbocycles. The first-order valence-corrected chi connectivity index (χ1v) is 11.7. The van der Waals surface area contributed by atoms with Crippen molar-refractivity contribution in [3.8, 4) is 11.5 Å². The van der Waals surface area contributed by atoms with Gasteiger partial charge in [0.1, 0.15) is 24.6 Å². The summed E-state index contributed by atoms with van der Waals surface area (Å²) in [6.45, 7) is 6.20. The summed E-state index contributed by atoms with van der Waals surface area (Å²) in [6, 6.07) is 8.30. The van der Waals surface area contributed by atoms with Crippen molar-refractivity contribution < 1.29 is 13.9 Å². The maximum absolute atomic E-state index is 13.5.